The molecule has 0 aliphatic carbocycles. The molecule has 124 valence electrons. The molecule has 4 heteroatoms. The molecule has 0 N–H and O–H groups in total. The summed E-state index contributed by atoms with van der Waals surface area (Å²) in [4.78, 5) is 14.1. The standard InChI is InChI=1S/C17H32BrNO2/c1-14-10-12-19(16(20)21-17(2,3)4)13-15(14)9-7-5-6-8-11-18/h14-15H,5-13H2,1-4H3/t14-,15-/m0/s1. The minimum Gasteiger partial charge on any atom is -0.444 e. The maximum atomic E-state index is 12.2. The quantitative estimate of drug-likeness (QED) is 0.479. The van der Waals surface area contributed by atoms with Crippen molar-refractivity contribution in [1.29, 1.82) is 0 Å². The lowest BCUT2D eigenvalue weighted by Crippen LogP contribution is -2.45. The van der Waals surface area contributed by atoms with E-state index in [1.54, 1.807) is 0 Å². The fraction of sp³-hybridized carbons (Fsp3) is 0.941. The summed E-state index contributed by atoms with van der Waals surface area (Å²) in [6.07, 6.45) is 7.37. The molecule has 0 saturated carbocycles. The third-order valence-corrected chi connectivity index (χ3v) is 4.78. The smallest absolute Gasteiger partial charge is 0.410 e. The number of carbonyl (C=O) groups excluding carboxylic acids is 1. The Morgan fingerprint density at radius 2 is 1.90 bits per heavy atom. The molecule has 3 nitrogen and oxygen atoms in total. The number of rotatable bonds is 6. The molecule has 1 fully saturated rings. The third-order valence-electron chi connectivity index (χ3n) is 4.22. The molecular formula is C17H32BrNO2. The second kappa shape index (κ2) is 9.02. The second-order valence-electron chi connectivity index (χ2n) is 7.34. The SMILES string of the molecule is C[C@H]1CCN(C(=O)OC(C)(C)C)C[C@@H]1CCCCCCBr. The Labute approximate surface area is 138 Å². The van der Waals surface area contributed by atoms with Crippen molar-refractivity contribution in [2.75, 3.05) is 18.4 Å². The maximum absolute atomic E-state index is 12.2. The molecule has 1 heterocycles. The first kappa shape index (κ1) is 18.8. The van der Waals surface area contributed by atoms with Gasteiger partial charge in [0.25, 0.3) is 0 Å². The van der Waals surface area contributed by atoms with Gasteiger partial charge in [-0.05, 0) is 51.9 Å². The van der Waals surface area contributed by atoms with E-state index in [4.69, 9.17) is 4.74 Å². The summed E-state index contributed by atoms with van der Waals surface area (Å²) in [5.41, 5.74) is -0.397. The van der Waals surface area contributed by atoms with Gasteiger partial charge in [-0.1, -0.05) is 42.1 Å². The lowest BCUT2D eigenvalue weighted by molar-refractivity contribution is 0.0105. The zero-order chi connectivity index (χ0) is 15.9. The predicted octanol–water partition coefficient (Wildman–Crippen LogP) is 5.22. The van der Waals surface area contributed by atoms with Crippen LogP contribution in [0.25, 0.3) is 0 Å². The van der Waals surface area contributed by atoms with Crippen LogP contribution in [0.3, 0.4) is 0 Å². The fourth-order valence-corrected chi connectivity index (χ4v) is 3.27. The van der Waals surface area contributed by atoms with Crippen molar-refractivity contribution in [3.05, 3.63) is 0 Å². The van der Waals surface area contributed by atoms with E-state index in [0.29, 0.717) is 5.92 Å². The fourth-order valence-electron chi connectivity index (χ4n) is 2.87. The van der Waals surface area contributed by atoms with E-state index >= 15 is 0 Å². The molecule has 0 unspecified atom stereocenters. The van der Waals surface area contributed by atoms with E-state index in [1.165, 1.54) is 32.1 Å². The van der Waals surface area contributed by atoms with Gasteiger partial charge in [0.1, 0.15) is 5.60 Å². The van der Waals surface area contributed by atoms with Crippen LogP contribution in [0.5, 0.6) is 0 Å². The molecule has 1 aliphatic rings. The Hall–Kier alpha value is -0.250. The molecule has 2 atom stereocenters. The Kier molecular flexibility index (Phi) is 8.07. The van der Waals surface area contributed by atoms with E-state index in [1.807, 2.05) is 25.7 Å². The highest BCUT2D eigenvalue weighted by molar-refractivity contribution is 9.09. The van der Waals surface area contributed by atoms with E-state index in [9.17, 15) is 4.79 Å². The van der Waals surface area contributed by atoms with Gasteiger partial charge < -0.3 is 9.64 Å². The van der Waals surface area contributed by atoms with Crippen LogP contribution in [0.15, 0.2) is 0 Å². The van der Waals surface area contributed by atoms with E-state index < -0.39 is 5.60 Å². The van der Waals surface area contributed by atoms with Crippen LogP contribution < -0.4 is 0 Å². The van der Waals surface area contributed by atoms with Crippen LogP contribution in [0, 0.1) is 11.8 Å². The van der Waals surface area contributed by atoms with Gasteiger partial charge in [-0.25, -0.2) is 4.79 Å². The van der Waals surface area contributed by atoms with Crippen LogP contribution in [-0.2, 0) is 4.74 Å². The highest BCUT2D eigenvalue weighted by Gasteiger charge is 2.30. The lowest BCUT2D eigenvalue weighted by atomic mass is 9.83. The molecule has 0 bridgehead atoms. The summed E-state index contributed by atoms with van der Waals surface area (Å²) >= 11 is 3.48. The molecule has 1 aliphatic heterocycles. The number of piperidine rings is 1. The van der Waals surface area contributed by atoms with Crippen molar-refractivity contribution in [3.63, 3.8) is 0 Å². The van der Waals surface area contributed by atoms with Gasteiger partial charge >= 0.3 is 6.09 Å². The van der Waals surface area contributed by atoms with Gasteiger partial charge in [-0.3, -0.25) is 0 Å². The molecule has 1 saturated heterocycles. The first-order chi connectivity index (χ1) is 9.83. The van der Waals surface area contributed by atoms with Crippen molar-refractivity contribution in [1.82, 2.24) is 4.90 Å². The van der Waals surface area contributed by atoms with Crippen LogP contribution in [-0.4, -0.2) is 35.0 Å². The van der Waals surface area contributed by atoms with Crippen molar-refractivity contribution in [2.24, 2.45) is 11.8 Å². The molecule has 21 heavy (non-hydrogen) atoms. The molecule has 0 aromatic heterocycles. The molecular weight excluding hydrogens is 330 g/mol. The largest absolute Gasteiger partial charge is 0.444 e. The highest BCUT2D eigenvalue weighted by Crippen LogP contribution is 2.28. The number of halogens is 1. The second-order valence-corrected chi connectivity index (χ2v) is 8.14. The van der Waals surface area contributed by atoms with Crippen LogP contribution in [0.1, 0.15) is 66.2 Å². The van der Waals surface area contributed by atoms with Crippen molar-refractivity contribution >= 4 is 22.0 Å². The minimum absolute atomic E-state index is 0.140. The summed E-state index contributed by atoms with van der Waals surface area (Å²) < 4.78 is 5.50. The lowest BCUT2D eigenvalue weighted by Gasteiger charge is -2.37. The Balaban J connectivity index is 2.37. The number of carbonyl (C=O) groups is 1. The molecule has 0 spiro atoms. The molecule has 0 radical (unpaired) electrons. The Morgan fingerprint density at radius 3 is 2.52 bits per heavy atom. The first-order valence-corrected chi connectivity index (χ1v) is 9.49. The van der Waals surface area contributed by atoms with Gasteiger partial charge in [0.05, 0.1) is 0 Å². The van der Waals surface area contributed by atoms with Crippen molar-refractivity contribution < 1.29 is 9.53 Å². The zero-order valence-corrected chi connectivity index (χ0v) is 15.7. The normalized spacial score (nSPS) is 23.2. The zero-order valence-electron chi connectivity index (χ0n) is 14.2. The number of amides is 1. The topological polar surface area (TPSA) is 29.5 Å². The highest BCUT2D eigenvalue weighted by atomic mass is 79.9. The van der Waals surface area contributed by atoms with Crippen molar-refractivity contribution in [3.8, 4) is 0 Å². The van der Waals surface area contributed by atoms with E-state index in [2.05, 4.69) is 22.9 Å². The third kappa shape index (κ3) is 7.53. The van der Waals surface area contributed by atoms with Gasteiger partial charge in [-0.2, -0.15) is 0 Å². The number of ether oxygens (including phenoxy) is 1. The molecule has 1 rings (SSSR count). The minimum atomic E-state index is -0.397. The Morgan fingerprint density at radius 1 is 1.24 bits per heavy atom. The summed E-state index contributed by atoms with van der Waals surface area (Å²) in [5.74, 6) is 1.36. The van der Waals surface area contributed by atoms with Crippen LogP contribution >= 0.6 is 15.9 Å². The summed E-state index contributed by atoms with van der Waals surface area (Å²) in [7, 11) is 0. The molecule has 0 aromatic carbocycles. The number of alkyl halides is 1. The number of likely N-dealkylation sites (tertiary alicyclic amines) is 1. The van der Waals surface area contributed by atoms with Gasteiger partial charge in [0.15, 0.2) is 0 Å². The number of hydrogen-bond donors (Lipinski definition) is 0. The van der Waals surface area contributed by atoms with Crippen molar-refractivity contribution in [2.45, 2.75) is 71.8 Å². The van der Waals surface area contributed by atoms with E-state index in [0.717, 1.165) is 30.8 Å². The Bertz CT molecular complexity index is 314. The summed E-state index contributed by atoms with van der Waals surface area (Å²) in [6, 6.07) is 0. The molecule has 0 aromatic rings. The average Bonchev–Trinajstić information content (AvgIpc) is 2.38. The monoisotopic (exact) mass is 361 g/mol. The van der Waals surface area contributed by atoms with Gasteiger partial charge in [0, 0.05) is 18.4 Å². The maximum Gasteiger partial charge on any atom is 0.410 e. The predicted molar refractivity (Wildman–Crippen MR) is 92.0 cm³/mol. The molecule has 1 amide bonds. The number of nitrogens with zero attached hydrogens (tertiary/aromatic N) is 1. The van der Waals surface area contributed by atoms with Crippen LogP contribution in [0.4, 0.5) is 4.79 Å². The van der Waals surface area contributed by atoms with Gasteiger partial charge in [0.2, 0.25) is 0 Å². The number of hydrogen-bond acceptors (Lipinski definition) is 2. The summed E-state index contributed by atoms with van der Waals surface area (Å²) in [5, 5.41) is 1.11. The number of unbranched alkanes of at least 4 members (excludes halogenated alkanes) is 3. The van der Waals surface area contributed by atoms with Crippen LogP contribution in [0.2, 0.25) is 0 Å². The van der Waals surface area contributed by atoms with E-state index in [-0.39, 0.29) is 6.09 Å². The average molecular weight is 362 g/mol. The van der Waals surface area contributed by atoms with Gasteiger partial charge in [-0.15, -0.1) is 0 Å². The summed E-state index contributed by atoms with van der Waals surface area (Å²) in [6.45, 7) is 9.83. The first-order valence-electron chi connectivity index (χ1n) is 8.37.